The van der Waals surface area contributed by atoms with E-state index in [0.29, 0.717) is 17.0 Å². The van der Waals surface area contributed by atoms with Crippen molar-refractivity contribution in [1.82, 2.24) is 0 Å². The number of non-ortho nitro benzene ring substituents is 1. The third-order valence-electron chi connectivity index (χ3n) is 3.60. The molecule has 2 aromatic rings. The van der Waals surface area contributed by atoms with Crippen LogP contribution in [0.4, 0.5) is 21.5 Å². The van der Waals surface area contributed by atoms with Crippen LogP contribution < -0.4 is 15.4 Å². The molecule has 132 valence electrons. The summed E-state index contributed by atoms with van der Waals surface area (Å²) in [7, 11) is 1.40. The first kappa shape index (κ1) is 18.2. The van der Waals surface area contributed by atoms with E-state index in [1.165, 1.54) is 31.4 Å². The Kier molecular flexibility index (Phi) is 5.53. The zero-order valence-electron chi connectivity index (χ0n) is 14.0. The van der Waals surface area contributed by atoms with Crippen molar-refractivity contribution in [2.45, 2.75) is 19.9 Å². The lowest BCUT2D eigenvalue weighted by molar-refractivity contribution is -0.384. The lowest BCUT2D eigenvalue weighted by Gasteiger charge is -2.17. The van der Waals surface area contributed by atoms with Gasteiger partial charge in [0.05, 0.1) is 17.7 Å². The summed E-state index contributed by atoms with van der Waals surface area (Å²) in [5.74, 6) is -0.523. The first-order chi connectivity index (χ1) is 11.8. The highest BCUT2D eigenvalue weighted by Gasteiger charge is 2.18. The fraction of sp³-hybridized carbons (Fsp3) is 0.235. The fourth-order valence-electron chi connectivity index (χ4n) is 2.15. The maximum absolute atomic E-state index is 13.6. The molecule has 0 aliphatic carbocycles. The summed E-state index contributed by atoms with van der Waals surface area (Å²) in [6.07, 6.45) is 0. The van der Waals surface area contributed by atoms with E-state index in [-0.39, 0.29) is 17.2 Å². The number of anilines is 2. The quantitative estimate of drug-likeness (QED) is 0.616. The molecular weight excluding hydrogens is 329 g/mol. The van der Waals surface area contributed by atoms with Crippen molar-refractivity contribution in [3.05, 3.63) is 57.9 Å². The largest absolute Gasteiger partial charge is 0.495 e. The van der Waals surface area contributed by atoms with Gasteiger partial charge in [-0.3, -0.25) is 14.9 Å². The molecule has 0 aliphatic rings. The Labute approximate surface area is 144 Å². The van der Waals surface area contributed by atoms with Crippen molar-refractivity contribution < 1.29 is 18.8 Å². The summed E-state index contributed by atoms with van der Waals surface area (Å²) < 4.78 is 18.7. The Morgan fingerprint density at radius 1 is 1.28 bits per heavy atom. The summed E-state index contributed by atoms with van der Waals surface area (Å²) in [6, 6.07) is 7.77. The van der Waals surface area contributed by atoms with Crippen LogP contribution in [0.25, 0.3) is 0 Å². The van der Waals surface area contributed by atoms with Gasteiger partial charge in [-0.15, -0.1) is 0 Å². The van der Waals surface area contributed by atoms with E-state index in [1.54, 1.807) is 26.0 Å². The highest BCUT2D eigenvalue weighted by atomic mass is 19.1. The molecule has 0 bridgehead atoms. The van der Waals surface area contributed by atoms with E-state index < -0.39 is 16.9 Å². The Morgan fingerprint density at radius 3 is 2.60 bits per heavy atom. The minimum absolute atomic E-state index is 0.169. The molecule has 1 amide bonds. The number of hydrogen-bond donors (Lipinski definition) is 2. The van der Waals surface area contributed by atoms with Crippen molar-refractivity contribution in [2.24, 2.45) is 0 Å². The van der Waals surface area contributed by atoms with Gasteiger partial charge in [-0.05, 0) is 37.6 Å². The molecule has 0 saturated heterocycles. The number of nitro groups is 1. The molecule has 25 heavy (non-hydrogen) atoms. The van der Waals surface area contributed by atoms with Gasteiger partial charge in [0.2, 0.25) is 5.91 Å². The first-order valence-electron chi connectivity index (χ1n) is 7.48. The second kappa shape index (κ2) is 7.61. The molecule has 1 atom stereocenters. The van der Waals surface area contributed by atoms with Gasteiger partial charge in [0, 0.05) is 17.8 Å². The number of halogens is 1. The summed E-state index contributed by atoms with van der Waals surface area (Å²) in [4.78, 5) is 22.6. The molecular formula is C17H18FN3O4. The van der Waals surface area contributed by atoms with Crippen molar-refractivity contribution >= 4 is 23.0 Å². The van der Waals surface area contributed by atoms with E-state index in [0.717, 1.165) is 0 Å². The van der Waals surface area contributed by atoms with Gasteiger partial charge in [-0.1, -0.05) is 6.07 Å². The topological polar surface area (TPSA) is 93.5 Å². The number of nitro benzene ring substituents is 1. The van der Waals surface area contributed by atoms with Crippen molar-refractivity contribution in [3.63, 3.8) is 0 Å². The predicted molar refractivity (Wildman–Crippen MR) is 92.5 cm³/mol. The number of rotatable bonds is 6. The normalized spacial score (nSPS) is 11.5. The molecule has 0 aliphatic heterocycles. The molecule has 0 heterocycles. The fourth-order valence-corrected chi connectivity index (χ4v) is 2.15. The highest BCUT2D eigenvalue weighted by Crippen LogP contribution is 2.29. The van der Waals surface area contributed by atoms with E-state index in [1.807, 2.05) is 0 Å². The minimum atomic E-state index is -0.703. The maximum atomic E-state index is 13.6. The van der Waals surface area contributed by atoms with Crippen LogP contribution in [0.1, 0.15) is 12.5 Å². The average Bonchev–Trinajstić information content (AvgIpc) is 2.57. The number of amides is 1. The van der Waals surface area contributed by atoms with Crippen LogP contribution in [-0.2, 0) is 4.79 Å². The number of carbonyl (C=O) groups is 1. The van der Waals surface area contributed by atoms with Crippen LogP contribution in [0.15, 0.2) is 36.4 Å². The molecule has 0 fully saturated rings. The molecule has 0 radical (unpaired) electrons. The lowest BCUT2D eigenvalue weighted by Crippen LogP contribution is -2.32. The Bertz CT molecular complexity index is 810. The predicted octanol–water partition coefficient (Wildman–Crippen LogP) is 3.49. The van der Waals surface area contributed by atoms with Gasteiger partial charge in [-0.2, -0.15) is 0 Å². The third-order valence-corrected chi connectivity index (χ3v) is 3.60. The molecule has 7 nitrogen and oxygen atoms in total. The van der Waals surface area contributed by atoms with Crippen molar-refractivity contribution in [3.8, 4) is 5.75 Å². The number of carbonyl (C=O) groups excluding carboxylic acids is 1. The van der Waals surface area contributed by atoms with Gasteiger partial charge >= 0.3 is 0 Å². The van der Waals surface area contributed by atoms with Gasteiger partial charge in [0.15, 0.2) is 0 Å². The monoisotopic (exact) mass is 347 g/mol. The summed E-state index contributed by atoms with van der Waals surface area (Å²) in [5, 5.41) is 16.3. The Balaban J connectivity index is 2.13. The van der Waals surface area contributed by atoms with E-state index >= 15 is 0 Å². The van der Waals surface area contributed by atoms with E-state index in [4.69, 9.17) is 4.74 Å². The maximum Gasteiger partial charge on any atom is 0.271 e. The number of nitrogens with one attached hydrogen (secondary N) is 2. The standard InChI is InChI=1S/C17H18FN3O4/c1-10-4-5-12(8-14(10)18)19-11(2)17(22)20-15-9-13(21(23)24)6-7-16(15)25-3/h4-9,11,19H,1-3H3,(H,20,22). The smallest absolute Gasteiger partial charge is 0.271 e. The third kappa shape index (κ3) is 4.43. The Morgan fingerprint density at radius 2 is 2.00 bits per heavy atom. The second-order valence-corrected chi connectivity index (χ2v) is 5.46. The SMILES string of the molecule is COc1ccc([N+](=O)[O-])cc1NC(=O)C(C)Nc1ccc(C)c(F)c1. The van der Waals surface area contributed by atoms with Crippen molar-refractivity contribution in [1.29, 1.82) is 0 Å². The summed E-state index contributed by atoms with van der Waals surface area (Å²) >= 11 is 0. The van der Waals surface area contributed by atoms with Crippen LogP contribution in [0, 0.1) is 22.9 Å². The zero-order valence-corrected chi connectivity index (χ0v) is 14.0. The van der Waals surface area contributed by atoms with Gasteiger partial charge in [-0.25, -0.2) is 4.39 Å². The number of benzene rings is 2. The van der Waals surface area contributed by atoms with Gasteiger partial charge < -0.3 is 15.4 Å². The van der Waals surface area contributed by atoms with Crippen LogP contribution in [0.5, 0.6) is 5.75 Å². The lowest BCUT2D eigenvalue weighted by atomic mass is 10.2. The minimum Gasteiger partial charge on any atom is -0.495 e. The Hall–Kier alpha value is -3.16. The molecule has 0 aromatic heterocycles. The molecule has 2 N–H and O–H groups in total. The second-order valence-electron chi connectivity index (χ2n) is 5.46. The molecule has 1 unspecified atom stereocenters. The van der Waals surface area contributed by atoms with Crippen molar-refractivity contribution in [2.75, 3.05) is 17.7 Å². The summed E-state index contributed by atoms with van der Waals surface area (Å²) in [6.45, 7) is 3.24. The number of ether oxygens (including phenoxy) is 1. The van der Waals surface area contributed by atoms with E-state index in [2.05, 4.69) is 10.6 Å². The zero-order chi connectivity index (χ0) is 18.6. The molecule has 8 heteroatoms. The molecule has 0 saturated carbocycles. The van der Waals surface area contributed by atoms with Gasteiger partial charge in [0.25, 0.3) is 5.69 Å². The molecule has 2 rings (SSSR count). The van der Waals surface area contributed by atoms with Crippen LogP contribution >= 0.6 is 0 Å². The van der Waals surface area contributed by atoms with Gasteiger partial charge in [0.1, 0.15) is 17.6 Å². The molecule has 2 aromatic carbocycles. The van der Waals surface area contributed by atoms with Crippen LogP contribution in [0.3, 0.4) is 0 Å². The molecule has 0 spiro atoms. The number of hydrogen-bond acceptors (Lipinski definition) is 5. The van der Waals surface area contributed by atoms with Crippen LogP contribution in [-0.4, -0.2) is 24.0 Å². The van der Waals surface area contributed by atoms with E-state index in [9.17, 15) is 19.3 Å². The first-order valence-corrected chi connectivity index (χ1v) is 7.48. The average molecular weight is 347 g/mol. The number of nitrogens with zero attached hydrogens (tertiary/aromatic N) is 1. The van der Waals surface area contributed by atoms with Crippen LogP contribution in [0.2, 0.25) is 0 Å². The highest BCUT2D eigenvalue weighted by molar-refractivity contribution is 5.97. The number of methoxy groups -OCH3 is 1. The summed E-state index contributed by atoms with van der Waals surface area (Å²) in [5.41, 5.74) is 0.975. The number of aryl methyl sites for hydroxylation is 1.